The fourth-order valence-electron chi connectivity index (χ4n) is 2.16. The summed E-state index contributed by atoms with van der Waals surface area (Å²) in [5.74, 6) is 0.0348. The van der Waals surface area contributed by atoms with Gasteiger partial charge in [-0.2, -0.15) is 0 Å². The summed E-state index contributed by atoms with van der Waals surface area (Å²) in [5.41, 5.74) is 2.00. The van der Waals surface area contributed by atoms with Crippen molar-refractivity contribution in [1.29, 1.82) is 0 Å². The molecule has 0 bridgehead atoms. The Morgan fingerprint density at radius 3 is 2.78 bits per heavy atom. The van der Waals surface area contributed by atoms with E-state index >= 15 is 0 Å². The molecule has 18 heavy (non-hydrogen) atoms. The Bertz CT molecular complexity index is 703. The molecule has 0 fully saturated rings. The van der Waals surface area contributed by atoms with E-state index in [-0.39, 0.29) is 11.6 Å². The highest BCUT2D eigenvalue weighted by molar-refractivity contribution is 5.80. The van der Waals surface area contributed by atoms with Gasteiger partial charge >= 0.3 is 0 Å². The molecule has 0 saturated carbocycles. The number of phenolic OH excluding ortho intramolecular Hbond substituents is 1. The van der Waals surface area contributed by atoms with Gasteiger partial charge in [0.25, 0.3) is 0 Å². The molecule has 0 aliphatic rings. The van der Waals surface area contributed by atoms with E-state index in [9.17, 15) is 9.50 Å². The van der Waals surface area contributed by atoms with Gasteiger partial charge in [0.1, 0.15) is 11.6 Å². The lowest BCUT2D eigenvalue weighted by molar-refractivity contribution is 0.474. The Morgan fingerprint density at radius 2 is 1.94 bits per heavy atom. The number of benzene rings is 2. The number of phenols is 1. The number of fused-ring (bicyclic) bond motifs is 1. The lowest BCUT2D eigenvalue weighted by atomic mass is 10.2. The van der Waals surface area contributed by atoms with Crippen LogP contribution in [0.5, 0.6) is 5.75 Å². The molecule has 1 aromatic heterocycles. The SMILES string of the molecule is Oc1cccc(Cn2ccc3cc(F)ccc32)c1. The van der Waals surface area contributed by atoms with Crippen LogP contribution in [-0.4, -0.2) is 9.67 Å². The number of aromatic hydroxyl groups is 1. The van der Waals surface area contributed by atoms with Crippen LogP contribution < -0.4 is 0 Å². The normalized spacial score (nSPS) is 10.9. The van der Waals surface area contributed by atoms with Crippen LogP contribution in [0.2, 0.25) is 0 Å². The molecule has 90 valence electrons. The quantitative estimate of drug-likeness (QED) is 0.729. The first-order chi connectivity index (χ1) is 8.72. The second-order valence-corrected chi connectivity index (χ2v) is 4.32. The number of hydrogen-bond acceptors (Lipinski definition) is 1. The van der Waals surface area contributed by atoms with Gasteiger partial charge in [-0.3, -0.25) is 0 Å². The number of hydrogen-bond donors (Lipinski definition) is 1. The number of nitrogens with zero attached hydrogens (tertiary/aromatic N) is 1. The van der Waals surface area contributed by atoms with Crippen LogP contribution in [0.1, 0.15) is 5.56 Å². The van der Waals surface area contributed by atoms with Gasteiger partial charge in [0.2, 0.25) is 0 Å². The Morgan fingerprint density at radius 1 is 1.06 bits per heavy atom. The molecule has 1 heterocycles. The van der Waals surface area contributed by atoms with Crippen LogP contribution >= 0.6 is 0 Å². The molecule has 0 atom stereocenters. The maximum Gasteiger partial charge on any atom is 0.123 e. The molecule has 0 radical (unpaired) electrons. The van der Waals surface area contributed by atoms with Crippen molar-refractivity contribution in [2.75, 3.05) is 0 Å². The summed E-state index contributed by atoms with van der Waals surface area (Å²) in [7, 11) is 0. The Balaban J connectivity index is 2.00. The van der Waals surface area contributed by atoms with Gasteiger partial charge in [0.15, 0.2) is 0 Å². The summed E-state index contributed by atoms with van der Waals surface area (Å²) in [5, 5.41) is 10.3. The molecule has 3 rings (SSSR count). The molecule has 0 amide bonds. The minimum absolute atomic E-state index is 0.224. The topological polar surface area (TPSA) is 25.2 Å². The van der Waals surface area contributed by atoms with E-state index in [2.05, 4.69) is 0 Å². The van der Waals surface area contributed by atoms with E-state index in [1.54, 1.807) is 18.2 Å². The van der Waals surface area contributed by atoms with Crippen molar-refractivity contribution in [2.24, 2.45) is 0 Å². The predicted molar refractivity (Wildman–Crippen MR) is 69.1 cm³/mol. The van der Waals surface area contributed by atoms with Gasteiger partial charge in [-0.1, -0.05) is 12.1 Å². The van der Waals surface area contributed by atoms with Crippen LogP contribution in [0, 0.1) is 5.82 Å². The predicted octanol–water partition coefficient (Wildman–Crippen LogP) is 3.53. The van der Waals surface area contributed by atoms with E-state index in [0.29, 0.717) is 6.54 Å². The molecule has 0 aliphatic heterocycles. The largest absolute Gasteiger partial charge is 0.508 e. The molecule has 0 aliphatic carbocycles. The maximum absolute atomic E-state index is 13.1. The lowest BCUT2D eigenvalue weighted by Gasteiger charge is -2.06. The highest BCUT2D eigenvalue weighted by Crippen LogP contribution is 2.19. The fraction of sp³-hybridized carbons (Fsp3) is 0.0667. The Labute approximate surface area is 104 Å². The molecule has 2 nitrogen and oxygen atoms in total. The summed E-state index contributed by atoms with van der Waals surface area (Å²) in [6.45, 7) is 0.656. The summed E-state index contributed by atoms with van der Waals surface area (Å²) < 4.78 is 15.1. The Hall–Kier alpha value is -2.29. The van der Waals surface area contributed by atoms with Crippen molar-refractivity contribution < 1.29 is 9.50 Å². The van der Waals surface area contributed by atoms with Crippen molar-refractivity contribution in [3.8, 4) is 5.75 Å². The van der Waals surface area contributed by atoms with Gasteiger partial charge in [-0.25, -0.2) is 4.39 Å². The number of aromatic nitrogens is 1. The third kappa shape index (κ3) is 1.95. The zero-order valence-electron chi connectivity index (χ0n) is 9.68. The van der Waals surface area contributed by atoms with Crippen molar-refractivity contribution in [1.82, 2.24) is 4.57 Å². The van der Waals surface area contributed by atoms with E-state index in [1.807, 2.05) is 29.0 Å². The van der Waals surface area contributed by atoms with Crippen LogP contribution in [0.25, 0.3) is 10.9 Å². The number of rotatable bonds is 2. The minimum Gasteiger partial charge on any atom is -0.508 e. The number of halogens is 1. The first kappa shape index (κ1) is 10.8. The zero-order chi connectivity index (χ0) is 12.5. The third-order valence-electron chi connectivity index (χ3n) is 3.00. The average molecular weight is 241 g/mol. The van der Waals surface area contributed by atoms with Gasteiger partial charge in [-0.15, -0.1) is 0 Å². The molecule has 0 saturated heterocycles. The monoisotopic (exact) mass is 241 g/mol. The summed E-state index contributed by atoms with van der Waals surface area (Å²) in [6.07, 6.45) is 1.92. The van der Waals surface area contributed by atoms with Crippen LogP contribution in [0.4, 0.5) is 4.39 Å². The first-order valence-electron chi connectivity index (χ1n) is 5.75. The zero-order valence-corrected chi connectivity index (χ0v) is 9.68. The third-order valence-corrected chi connectivity index (χ3v) is 3.00. The van der Waals surface area contributed by atoms with E-state index < -0.39 is 0 Å². The van der Waals surface area contributed by atoms with Crippen LogP contribution in [0.15, 0.2) is 54.7 Å². The van der Waals surface area contributed by atoms with Gasteiger partial charge < -0.3 is 9.67 Å². The van der Waals surface area contributed by atoms with Crippen molar-refractivity contribution >= 4 is 10.9 Å². The molecule has 2 aromatic carbocycles. The minimum atomic E-state index is -0.224. The molecule has 1 N–H and O–H groups in total. The first-order valence-corrected chi connectivity index (χ1v) is 5.75. The molecule has 0 spiro atoms. The van der Waals surface area contributed by atoms with Crippen molar-refractivity contribution in [3.63, 3.8) is 0 Å². The maximum atomic E-state index is 13.1. The highest BCUT2D eigenvalue weighted by Gasteiger charge is 2.03. The van der Waals surface area contributed by atoms with Crippen molar-refractivity contribution in [3.05, 3.63) is 66.1 Å². The molecule has 3 aromatic rings. The molecule has 0 unspecified atom stereocenters. The van der Waals surface area contributed by atoms with Crippen LogP contribution in [0.3, 0.4) is 0 Å². The smallest absolute Gasteiger partial charge is 0.123 e. The van der Waals surface area contributed by atoms with Crippen molar-refractivity contribution in [2.45, 2.75) is 6.54 Å². The summed E-state index contributed by atoms with van der Waals surface area (Å²) in [4.78, 5) is 0. The van der Waals surface area contributed by atoms with E-state index in [4.69, 9.17) is 0 Å². The molecular weight excluding hydrogens is 229 g/mol. The van der Waals surface area contributed by atoms with Gasteiger partial charge in [0, 0.05) is 23.6 Å². The standard InChI is InChI=1S/C15H12FNO/c16-13-4-5-15-12(9-13)6-7-17(15)10-11-2-1-3-14(18)8-11/h1-9,18H,10H2. The fourth-order valence-corrected chi connectivity index (χ4v) is 2.16. The second-order valence-electron chi connectivity index (χ2n) is 4.32. The van der Waals surface area contributed by atoms with E-state index in [0.717, 1.165) is 16.5 Å². The average Bonchev–Trinajstić information content (AvgIpc) is 2.72. The highest BCUT2D eigenvalue weighted by atomic mass is 19.1. The van der Waals surface area contributed by atoms with Gasteiger partial charge in [-0.05, 0) is 42.0 Å². The summed E-state index contributed by atoms with van der Waals surface area (Å²) >= 11 is 0. The lowest BCUT2D eigenvalue weighted by Crippen LogP contribution is -1.97. The van der Waals surface area contributed by atoms with Gasteiger partial charge in [0.05, 0.1) is 0 Å². The molecular formula is C15H12FNO. The summed E-state index contributed by atoms with van der Waals surface area (Å²) in [6, 6.07) is 13.8. The Kier molecular flexibility index (Phi) is 2.52. The second kappa shape index (κ2) is 4.18. The molecule has 3 heteroatoms. The van der Waals surface area contributed by atoms with E-state index in [1.165, 1.54) is 12.1 Å². The van der Waals surface area contributed by atoms with Crippen LogP contribution in [-0.2, 0) is 6.54 Å².